The summed E-state index contributed by atoms with van der Waals surface area (Å²) in [7, 11) is 0. The lowest BCUT2D eigenvalue weighted by molar-refractivity contribution is -0.118. The van der Waals surface area contributed by atoms with Gasteiger partial charge < -0.3 is 4.74 Å². The third kappa shape index (κ3) is 6.17. The van der Waals surface area contributed by atoms with Crippen LogP contribution < -0.4 is 0 Å². The first-order valence-corrected chi connectivity index (χ1v) is 10.2. The Kier molecular flexibility index (Phi) is 8.53. The fraction of sp³-hybridized carbons (Fsp3) is 0.609. The van der Waals surface area contributed by atoms with Crippen molar-refractivity contribution < 1.29 is 9.53 Å². The number of carbonyl (C=O) groups is 1. The lowest BCUT2D eigenvalue weighted by Gasteiger charge is -2.28. The SMILES string of the molecule is CC(C)Cc1ccc(C(C)C=C2CCC(CN3CCOCC3)C2=O)cc1.Cl. The highest BCUT2D eigenvalue weighted by atomic mass is 35.5. The van der Waals surface area contributed by atoms with Gasteiger partial charge in [0.15, 0.2) is 5.78 Å². The zero-order chi connectivity index (χ0) is 18.5. The number of allylic oxidation sites excluding steroid dienone is 2. The van der Waals surface area contributed by atoms with Crippen molar-refractivity contribution in [1.82, 2.24) is 4.90 Å². The minimum atomic E-state index is 0. The molecule has 1 aliphatic carbocycles. The number of Topliss-reactive ketones (excluding diaryl/α,β-unsaturated/α-hetero) is 1. The quantitative estimate of drug-likeness (QED) is 0.661. The Balaban J connectivity index is 0.00000261. The van der Waals surface area contributed by atoms with Crippen molar-refractivity contribution in [3.05, 3.63) is 47.0 Å². The Morgan fingerprint density at radius 3 is 2.44 bits per heavy atom. The van der Waals surface area contributed by atoms with Gasteiger partial charge in [0.2, 0.25) is 0 Å². The molecule has 4 heteroatoms. The molecule has 1 aliphatic heterocycles. The van der Waals surface area contributed by atoms with Gasteiger partial charge in [0.05, 0.1) is 13.2 Å². The smallest absolute Gasteiger partial charge is 0.162 e. The van der Waals surface area contributed by atoms with Gasteiger partial charge in [-0.3, -0.25) is 9.69 Å². The molecule has 1 heterocycles. The van der Waals surface area contributed by atoms with Gasteiger partial charge in [0.25, 0.3) is 0 Å². The molecule has 0 bridgehead atoms. The van der Waals surface area contributed by atoms with Crippen molar-refractivity contribution in [3.8, 4) is 0 Å². The van der Waals surface area contributed by atoms with Crippen LogP contribution in [0.25, 0.3) is 0 Å². The molecule has 3 nitrogen and oxygen atoms in total. The summed E-state index contributed by atoms with van der Waals surface area (Å²) in [5.41, 5.74) is 3.74. The van der Waals surface area contributed by atoms with Crippen LogP contribution in [0.5, 0.6) is 0 Å². The van der Waals surface area contributed by atoms with Gasteiger partial charge >= 0.3 is 0 Å². The Morgan fingerprint density at radius 2 is 1.81 bits per heavy atom. The molecule has 1 saturated carbocycles. The predicted molar refractivity (Wildman–Crippen MR) is 114 cm³/mol. The summed E-state index contributed by atoms with van der Waals surface area (Å²) in [6, 6.07) is 8.93. The number of morpholine rings is 1. The van der Waals surface area contributed by atoms with Crippen molar-refractivity contribution in [2.24, 2.45) is 11.8 Å². The highest BCUT2D eigenvalue weighted by molar-refractivity contribution is 5.99. The number of ketones is 1. The van der Waals surface area contributed by atoms with Crippen LogP contribution in [0.1, 0.15) is 50.7 Å². The van der Waals surface area contributed by atoms with Crippen LogP contribution >= 0.6 is 12.4 Å². The van der Waals surface area contributed by atoms with Crippen LogP contribution in [0.3, 0.4) is 0 Å². The zero-order valence-electron chi connectivity index (χ0n) is 16.9. The van der Waals surface area contributed by atoms with Gasteiger partial charge in [-0.15, -0.1) is 12.4 Å². The topological polar surface area (TPSA) is 29.5 Å². The molecule has 0 N–H and O–H groups in total. The van der Waals surface area contributed by atoms with Crippen molar-refractivity contribution in [3.63, 3.8) is 0 Å². The van der Waals surface area contributed by atoms with E-state index in [2.05, 4.69) is 56.0 Å². The van der Waals surface area contributed by atoms with Crippen molar-refractivity contribution in [2.45, 2.75) is 46.0 Å². The third-order valence-corrected chi connectivity index (χ3v) is 5.63. The average molecular weight is 392 g/mol. The van der Waals surface area contributed by atoms with Crippen molar-refractivity contribution in [1.29, 1.82) is 0 Å². The van der Waals surface area contributed by atoms with Crippen LogP contribution in [0, 0.1) is 11.8 Å². The lowest BCUT2D eigenvalue weighted by Crippen LogP contribution is -2.40. The molecule has 1 aromatic rings. The number of carbonyl (C=O) groups excluding carboxylic acids is 1. The van der Waals surface area contributed by atoms with E-state index in [-0.39, 0.29) is 18.3 Å². The number of ether oxygens (including phenoxy) is 1. The summed E-state index contributed by atoms with van der Waals surface area (Å²) in [5, 5.41) is 0. The highest BCUT2D eigenvalue weighted by Gasteiger charge is 2.31. The average Bonchev–Trinajstić information content (AvgIpc) is 2.96. The van der Waals surface area contributed by atoms with Crippen LogP contribution in [0.4, 0.5) is 0 Å². The molecule has 2 fully saturated rings. The summed E-state index contributed by atoms with van der Waals surface area (Å²) in [4.78, 5) is 15.2. The molecule has 0 spiro atoms. The second kappa shape index (κ2) is 10.4. The maximum atomic E-state index is 12.8. The van der Waals surface area contributed by atoms with Gasteiger partial charge in [-0.05, 0) is 47.8 Å². The predicted octanol–water partition coefficient (Wildman–Crippen LogP) is 4.65. The van der Waals surface area contributed by atoms with E-state index >= 15 is 0 Å². The van der Waals surface area contributed by atoms with E-state index in [1.165, 1.54) is 11.1 Å². The van der Waals surface area contributed by atoms with Gasteiger partial charge in [-0.2, -0.15) is 0 Å². The number of nitrogens with zero attached hydrogens (tertiary/aromatic N) is 1. The maximum absolute atomic E-state index is 12.8. The molecule has 3 rings (SSSR count). The number of hydrogen-bond acceptors (Lipinski definition) is 3. The fourth-order valence-electron chi connectivity index (χ4n) is 4.11. The first kappa shape index (κ1) is 22.1. The fourth-order valence-corrected chi connectivity index (χ4v) is 4.11. The van der Waals surface area contributed by atoms with Gasteiger partial charge in [-0.1, -0.05) is 51.1 Å². The molecule has 150 valence electrons. The van der Waals surface area contributed by atoms with Crippen LogP contribution in [0.2, 0.25) is 0 Å². The summed E-state index contributed by atoms with van der Waals surface area (Å²) < 4.78 is 5.41. The summed E-state index contributed by atoms with van der Waals surface area (Å²) >= 11 is 0. The molecule has 1 aromatic carbocycles. The van der Waals surface area contributed by atoms with E-state index in [4.69, 9.17) is 4.74 Å². The first-order valence-electron chi connectivity index (χ1n) is 10.2. The molecule has 2 unspecified atom stereocenters. The summed E-state index contributed by atoms with van der Waals surface area (Å²) in [6.07, 6.45) is 5.27. The molecule has 27 heavy (non-hydrogen) atoms. The van der Waals surface area contributed by atoms with E-state index < -0.39 is 0 Å². The molecular formula is C23H34ClNO2. The van der Waals surface area contributed by atoms with Crippen molar-refractivity contribution in [2.75, 3.05) is 32.8 Å². The Morgan fingerprint density at radius 1 is 1.15 bits per heavy atom. The molecule has 0 amide bonds. The summed E-state index contributed by atoms with van der Waals surface area (Å²) in [5.74, 6) is 1.53. The first-order chi connectivity index (χ1) is 12.5. The minimum absolute atomic E-state index is 0. The summed E-state index contributed by atoms with van der Waals surface area (Å²) in [6.45, 7) is 11.1. The zero-order valence-corrected chi connectivity index (χ0v) is 17.8. The number of hydrogen-bond donors (Lipinski definition) is 0. The molecule has 2 aliphatic rings. The maximum Gasteiger partial charge on any atom is 0.162 e. The molecular weight excluding hydrogens is 358 g/mol. The number of halogens is 1. The highest BCUT2D eigenvalue weighted by Crippen LogP contribution is 2.31. The van der Waals surface area contributed by atoms with Crippen LogP contribution in [0.15, 0.2) is 35.9 Å². The second-order valence-electron chi connectivity index (χ2n) is 8.33. The van der Waals surface area contributed by atoms with E-state index in [0.29, 0.717) is 17.6 Å². The van der Waals surface area contributed by atoms with E-state index in [1.54, 1.807) is 0 Å². The second-order valence-corrected chi connectivity index (χ2v) is 8.33. The van der Waals surface area contributed by atoms with Gasteiger partial charge in [0, 0.05) is 25.6 Å². The van der Waals surface area contributed by atoms with Gasteiger partial charge in [-0.25, -0.2) is 0 Å². The van der Waals surface area contributed by atoms with E-state index in [0.717, 1.165) is 57.7 Å². The third-order valence-electron chi connectivity index (χ3n) is 5.63. The van der Waals surface area contributed by atoms with Crippen LogP contribution in [-0.2, 0) is 16.0 Å². The largest absolute Gasteiger partial charge is 0.379 e. The molecule has 0 radical (unpaired) electrons. The molecule has 2 atom stereocenters. The standard InChI is InChI=1S/C23H33NO2.ClH/c1-17(2)14-19-4-6-20(7-5-19)18(3)15-21-8-9-22(23(21)25)16-24-10-12-26-13-11-24;/h4-7,15,17-18,22H,8-14,16H2,1-3H3;1H. The number of rotatable bonds is 6. The Hall–Kier alpha value is -1.16. The monoisotopic (exact) mass is 391 g/mol. The minimum Gasteiger partial charge on any atom is -0.379 e. The Labute approximate surface area is 170 Å². The number of benzene rings is 1. The van der Waals surface area contributed by atoms with E-state index in [9.17, 15) is 4.79 Å². The van der Waals surface area contributed by atoms with Gasteiger partial charge in [0.1, 0.15) is 0 Å². The van der Waals surface area contributed by atoms with E-state index in [1.807, 2.05) is 0 Å². The lowest BCUT2D eigenvalue weighted by atomic mass is 9.94. The molecule has 1 saturated heterocycles. The Bertz CT molecular complexity index is 632. The van der Waals surface area contributed by atoms with Crippen LogP contribution in [-0.4, -0.2) is 43.5 Å². The normalized spacial score (nSPS) is 23.6. The van der Waals surface area contributed by atoms with Crippen molar-refractivity contribution >= 4 is 18.2 Å². The molecule has 0 aromatic heterocycles.